The first-order chi connectivity index (χ1) is 6.65. The topological polar surface area (TPSA) is 15.3 Å². The van der Waals surface area contributed by atoms with Crippen molar-refractivity contribution in [1.29, 1.82) is 0 Å². The number of benzene rings is 1. The van der Waals surface area contributed by atoms with E-state index < -0.39 is 0 Å². The summed E-state index contributed by atoms with van der Waals surface area (Å²) in [5.41, 5.74) is 4.19. The molecule has 2 heteroatoms. The predicted molar refractivity (Wildman–Crippen MR) is 60.4 cm³/mol. The zero-order chi connectivity index (χ0) is 10.1. The summed E-state index contributed by atoms with van der Waals surface area (Å²) in [5.74, 6) is 0. The molecule has 0 saturated heterocycles. The van der Waals surface area contributed by atoms with Crippen LogP contribution in [-0.2, 0) is 13.1 Å². The molecule has 0 aromatic heterocycles. The van der Waals surface area contributed by atoms with Crippen LogP contribution in [0.4, 0.5) is 5.69 Å². The fraction of sp³-hybridized carbons (Fsp3) is 0.500. The Hall–Kier alpha value is -1.02. The standard InChI is InChI=1S/C12H18N2/c1-9(2)13-12-5-4-10-7-14(3)8-11(10)6-12/h4-6,9,13H,7-8H2,1-3H3. The molecule has 0 atom stereocenters. The van der Waals surface area contributed by atoms with E-state index in [0.717, 1.165) is 13.1 Å². The van der Waals surface area contributed by atoms with E-state index >= 15 is 0 Å². The Morgan fingerprint density at radius 2 is 1.93 bits per heavy atom. The van der Waals surface area contributed by atoms with Gasteiger partial charge in [-0.05, 0) is 44.2 Å². The van der Waals surface area contributed by atoms with Gasteiger partial charge in [-0.1, -0.05) is 6.07 Å². The highest BCUT2D eigenvalue weighted by Crippen LogP contribution is 2.24. The van der Waals surface area contributed by atoms with Crippen LogP contribution >= 0.6 is 0 Å². The molecule has 14 heavy (non-hydrogen) atoms. The van der Waals surface area contributed by atoms with E-state index in [9.17, 15) is 0 Å². The predicted octanol–water partition coefficient (Wildman–Crippen LogP) is 2.45. The number of nitrogens with one attached hydrogen (secondary N) is 1. The molecule has 1 aliphatic heterocycles. The molecule has 0 saturated carbocycles. The van der Waals surface area contributed by atoms with E-state index in [1.54, 1.807) is 0 Å². The van der Waals surface area contributed by atoms with Crippen molar-refractivity contribution in [3.8, 4) is 0 Å². The van der Waals surface area contributed by atoms with Crippen LogP contribution in [0.15, 0.2) is 18.2 Å². The third-order valence-electron chi connectivity index (χ3n) is 2.54. The van der Waals surface area contributed by atoms with Crippen molar-refractivity contribution in [2.75, 3.05) is 12.4 Å². The molecule has 1 aromatic carbocycles. The van der Waals surface area contributed by atoms with Crippen molar-refractivity contribution in [3.05, 3.63) is 29.3 Å². The monoisotopic (exact) mass is 190 g/mol. The zero-order valence-electron chi connectivity index (χ0n) is 9.17. The van der Waals surface area contributed by atoms with Gasteiger partial charge in [-0.25, -0.2) is 0 Å². The molecule has 2 nitrogen and oxygen atoms in total. The second kappa shape index (κ2) is 3.62. The molecule has 1 N–H and O–H groups in total. The Morgan fingerprint density at radius 3 is 2.64 bits per heavy atom. The van der Waals surface area contributed by atoms with Gasteiger partial charge in [0.25, 0.3) is 0 Å². The molecule has 0 fully saturated rings. The first kappa shape index (κ1) is 9.53. The van der Waals surface area contributed by atoms with Gasteiger partial charge in [0.1, 0.15) is 0 Å². The Bertz CT molecular complexity index is 331. The fourth-order valence-electron chi connectivity index (χ4n) is 1.99. The van der Waals surface area contributed by atoms with E-state index in [-0.39, 0.29) is 0 Å². The number of anilines is 1. The minimum absolute atomic E-state index is 0.507. The molecular weight excluding hydrogens is 172 g/mol. The maximum Gasteiger partial charge on any atom is 0.0345 e. The molecule has 0 aliphatic carbocycles. The number of fused-ring (bicyclic) bond motifs is 1. The third kappa shape index (κ3) is 1.90. The number of nitrogens with zero attached hydrogens (tertiary/aromatic N) is 1. The largest absolute Gasteiger partial charge is 0.383 e. The minimum Gasteiger partial charge on any atom is -0.383 e. The van der Waals surface area contributed by atoms with E-state index in [4.69, 9.17) is 0 Å². The molecule has 1 aliphatic rings. The Morgan fingerprint density at radius 1 is 1.21 bits per heavy atom. The molecular formula is C12H18N2. The molecule has 0 bridgehead atoms. The van der Waals surface area contributed by atoms with Gasteiger partial charge in [-0.3, -0.25) is 4.90 Å². The summed E-state index contributed by atoms with van der Waals surface area (Å²) in [6.45, 7) is 6.51. The van der Waals surface area contributed by atoms with Gasteiger partial charge in [0, 0.05) is 24.8 Å². The van der Waals surface area contributed by atoms with Gasteiger partial charge >= 0.3 is 0 Å². The van der Waals surface area contributed by atoms with Crippen molar-refractivity contribution in [1.82, 2.24) is 4.90 Å². The molecule has 0 radical (unpaired) electrons. The summed E-state index contributed by atoms with van der Waals surface area (Å²) in [6, 6.07) is 7.20. The van der Waals surface area contributed by atoms with Crippen molar-refractivity contribution in [3.63, 3.8) is 0 Å². The maximum atomic E-state index is 3.43. The molecule has 76 valence electrons. The van der Waals surface area contributed by atoms with E-state index in [1.165, 1.54) is 16.8 Å². The average molecular weight is 190 g/mol. The summed E-state index contributed by atoms with van der Waals surface area (Å²) < 4.78 is 0. The second-order valence-electron chi connectivity index (χ2n) is 4.45. The lowest BCUT2D eigenvalue weighted by molar-refractivity contribution is 0.353. The molecule has 0 amide bonds. The average Bonchev–Trinajstić information content (AvgIpc) is 2.42. The Labute approximate surface area is 85.9 Å². The van der Waals surface area contributed by atoms with Gasteiger partial charge in [-0.2, -0.15) is 0 Å². The van der Waals surface area contributed by atoms with Crippen molar-refractivity contribution < 1.29 is 0 Å². The highest BCUT2D eigenvalue weighted by atomic mass is 15.1. The summed E-state index contributed by atoms with van der Waals surface area (Å²) in [7, 11) is 2.16. The summed E-state index contributed by atoms with van der Waals surface area (Å²) in [6.07, 6.45) is 0. The van der Waals surface area contributed by atoms with Crippen LogP contribution in [0, 0.1) is 0 Å². The minimum atomic E-state index is 0.507. The first-order valence-electron chi connectivity index (χ1n) is 5.22. The highest BCUT2D eigenvalue weighted by Gasteiger charge is 2.15. The van der Waals surface area contributed by atoms with Gasteiger partial charge in [-0.15, -0.1) is 0 Å². The normalized spacial score (nSPS) is 16.0. The zero-order valence-corrected chi connectivity index (χ0v) is 9.17. The maximum absolute atomic E-state index is 3.43. The van der Waals surface area contributed by atoms with Crippen LogP contribution in [0.3, 0.4) is 0 Å². The lowest BCUT2D eigenvalue weighted by atomic mass is 10.1. The Kier molecular flexibility index (Phi) is 2.46. The van der Waals surface area contributed by atoms with Gasteiger partial charge in [0.2, 0.25) is 0 Å². The lowest BCUT2D eigenvalue weighted by Crippen LogP contribution is -2.09. The summed E-state index contributed by atoms with van der Waals surface area (Å²) in [4.78, 5) is 2.34. The molecule has 2 rings (SSSR count). The lowest BCUT2D eigenvalue weighted by Gasteiger charge is -2.10. The van der Waals surface area contributed by atoms with Gasteiger partial charge in [0.15, 0.2) is 0 Å². The Balaban J connectivity index is 2.20. The number of hydrogen-bond acceptors (Lipinski definition) is 2. The van der Waals surface area contributed by atoms with Gasteiger partial charge < -0.3 is 5.32 Å². The molecule has 0 unspecified atom stereocenters. The smallest absolute Gasteiger partial charge is 0.0345 e. The van der Waals surface area contributed by atoms with Crippen molar-refractivity contribution >= 4 is 5.69 Å². The first-order valence-corrected chi connectivity index (χ1v) is 5.22. The molecule has 0 spiro atoms. The number of rotatable bonds is 2. The van der Waals surface area contributed by atoms with Crippen molar-refractivity contribution in [2.45, 2.75) is 33.0 Å². The van der Waals surface area contributed by atoms with Crippen LogP contribution in [0.1, 0.15) is 25.0 Å². The van der Waals surface area contributed by atoms with Crippen LogP contribution in [0.5, 0.6) is 0 Å². The molecule has 1 heterocycles. The third-order valence-corrected chi connectivity index (χ3v) is 2.54. The van der Waals surface area contributed by atoms with E-state index in [1.807, 2.05) is 0 Å². The van der Waals surface area contributed by atoms with Crippen molar-refractivity contribution in [2.24, 2.45) is 0 Å². The number of hydrogen-bond donors (Lipinski definition) is 1. The highest BCUT2D eigenvalue weighted by molar-refractivity contribution is 5.50. The van der Waals surface area contributed by atoms with Crippen LogP contribution in [0.2, 0.25) is 0 Å². The molecule has 1 aromatic rings. The summed E-state index contributed by atoms with van der Waals surface area (Å²) in [5, 5.41) is 3.43. The van der Waals surface area contributed by atoms with Gasteiger partial charge in [0.05, 0.1) is 0 Å². The van der Waals surface area contributed by atoms with Crippen LogP contribution in [0.25, 0.3) is 0 Å². The van der Waals surface area contributed by atoms with Crippen LogP contribution < -0.4 is 5.32 Å². The van der Waals surface area contributed by atoms with E-state index in [0.29, 0.717) is 6.04 Å². The quantitative estimate of drug-likeness (QED) is 0.770. The fourth-order valence-corrected chi connectivity index (χ4v) is 1.99. The second-order valence-corrected chi connectivity index (χ2v) is 4.45. The summed E-state index contributed by atoms with van der Waals surface area (Å²) >= 11 is 0. The van der Waals surface area contributed by atoms with Crippen LogP contribution in [-0.4, -0.2) is 18.0 Å². The van der Waals surface area contributed by atoms with E-state index in [2.05, 4.69) is 49.3 Å². The SMILES string of the molecule is CC(C)Nc1ccc2c(c1)CN(C)C2.